The van der Waals surface area contributed by atoms with E-state index in [1.165, 1.54) is 11.5 Å². The molecule has 0 aliphatic heterocycles. The summed E-state index contributed by atoms with van der Waals surface area (Å²) in [4.78, 5) is 4.30. The molecule has 0 saturated heterocycles. The van der Waals surface area contributed by atoms with Crippen LogP contribution in [-0.4, -0.2) is 9.36 Å². The Labute approximate surface area is 105 Å². The fraction of sp³-hybridized carbons (Fsp3) is 0.333. The summed E-state index contributed by atoms with van der Waals surface area (Å²) in [7, 11) is 0. The molecule has 0 spiro atoms. The van der Waals surface area contributed by atoms with Crippen molar-refractivity contribution in [3.05, 3.63) is 35.7 Å². The molecule has 0 radical (unpaired) electrons. The first-order chi connectivity index (χ1) is 8.31. The highest BCUT2D eigenvalue weighted by Gasteiger charge is 2.05. The molecule has 0 aliphatic carbocycles. The van der Waals surface area contributed by atoms with Gasteiger partial charge in [0.1, 0.15) is 11.6 Å². The maximum atomic E-state index is 5.61. The van der Waals surface area contributed by atoms with Gasteiger partial charge in [-0.2, -0.15) is 9.36 Å². The predicted octanol–water partition coefficient (Wildman–Crippen LogP) is 2.74. The third-order valence-corrected chi connectivity index (χ3v) is 2.92. The van der Waals surface area contributed by atoms with Gasteiger partial charge in [-0.3, -0.25) is 0 Å². The molecule has 0 atom stereocenters. The predicted molar refractivity (Wildman–Crippen MR) is 68.3 cm³/mol. The maximum Gasteiger partial charge on any atom is 0.298 e. The van der Waals surface area contributed by atoms with E-state index in [1.54, 1.807) is 0 Å². The molecule has 90 valence electrons. The number of aromatic nitrogens is 2. The summed E-state index contributed by atoms with van der Waals surface area (Å²) in [5.41, 5.74) is 6.61. The van der Waals surface area contributed by atoms with Crippen LogP contribution in [0.25, 0.3) is 0 Å². The fourth-order valence-corrected chi connectivity index (χ4v) is 1.99. The second kappa shape index (κ2) is 5.75. The van der Waals surface area contributed by atoms with Gasteiger partial charge >= 0.3 is 0 Å². The lowest BCUT2D eigenvalue weighted by Crippen LogP contribution is -1.95. The third kappa shape index (κ3) is 3.25. The van der Waals surface area contributed by atoms with Crippen LogP contribution in [0.15, 0.2) is 24.3 Å². The van der Waals surface area contributed by atoms with E-state index >= 15 is 0 Å². The van der Waals surface area contributed by atoms with Crippen molar-refractivity contribution in [3.8, 4) is 10.9 Å². The van der Waals surface area contributed by atoms with Crippen LogP contribution in [0.1, 0.15) is 24.7 Å². The molecule has 17 heavy (non-hydrogen) atoms. The number of rotatable bonds is 5. The Hall–Kier alpha value is -1.46. The summed E-state index contributed by atoms with van der Waals surface area (Å²) < 4.78 is 9.83. The Morgan fingerprint density at radius 2 is 2.06 bits per heavy atom. The largest absolute Gasteiger partial charge is 0.430 e. The van der Waals surface area contributed by atoms with Gasteiger partial charge in [-0.15, -0.1) is 0 Å². The minimum absolute atomic E-state index is 0.541. The first-order valence-electron chi connectivity index (χ1n) is 5.61. The third-order valence-electron chi connectivity index (χ3n) is 2.29. The van der Waals surface area contributed by atoms with Crippen LogP contribution in [0.4, 0.5) is 0 Å². The zero-order valence-electron chi connectivity index (χ0n) is 9.72. The molecule has 1 heterocycles. The highest BCUT2D eigenvalue weighted by molar-refractivity contribution is 7.07. The Bertz CT molecular complexity index is 467. The van der Waals surface area contributed by atoms with E-state index in [2.05, 4.69) is 16.3 Å². The number of ether oxygens (including phenoxy) is 1. The molecule has 0 fully saturated rings. The number of nitrogens with two attached hydrogens (primary N) is 1. The van der Waals surface area contributed by atoms with Crippen LogP contribution >= 0.6 is 11.5 Å². The smallest absolute Gasteiger partial charge is 0.298 e. The normalized spacial score (nSPS) is 10.5. The zero-order chi connectivity index (χ0) is 12.1. The van der Waals surface area contributed by atoms with Crippen LogP contribution in [0, 0.1) is 0 Å². The van der Waals surface area contributed by atoms with Crippen molar-refractivity contribution in [2.45, 2.75) is 26.3 Å². The van der Waals surface area contributed by atoms with Crippen LogP contribution in [0.2, 0.25) is 0 Å². The van der Waals surface area contributed by atoms with Gasteiger partial charge in [-0.25, -0.2) is 0 Å². The van der Waals surface area contributed by atoms with Crippen molar-refractivity contribution in [3.63, 3.8) is 0 Å². The van der Waals surface area contributed by atoms with Crippen LogP contribution in [0.5, 0.6) is 10.9 Å². The average Bonchev–Trinajstić information content (AvgIpc) is 2.78. The van der Waals surface area contributed by atoms with Crippen molar-refractivity contribution < 1.29 is 4.74 Å². The minimum Gasteiger partial charge on any atom is -0.430 e. The van der Waals surface area contributed by atoms with Crippen molar-refractivity contribution in [1.29, 1.82) is 0 Å². The van der Waals surface area contributed by atoms with E-state index in [1.807, 2.05) is 24.3 Å². The van der Waals surface area contributed by atoms with Gasteiger partial charge < -0.3 is 10.5 Å². The molecule has 5 heteroatoms. The average molecular weight is 249 g/mol. The topological polar surface area (TPSA) is 61.0 Å². The van der Waals surface area contributed by atoms with Crippen molar-refractivity contribution >= 4 is 11.5 Å². The lowest BCUT2D eigenvalue weighted by molar-refractivity contribution is 0.476. The van der Waals surface area contributed by atoms with Crippen molar-refractivity contribution in [2.24, 2.45) is 5.73 Å². The quantitative estimate of drug-likeness (QED) is 0.885. The summed E-state index contributed by atoms with van der Waals surface area (Å²) in [6.07, 6.45) is 1.94. The van der Waals surface area contributed by atoms with E-state index in [0.29, 0.717) is 11.7 Å². The van der Waals surface area contributed by atoms with Gasteiger partial charge in [0.05, 0.1) is 0 Å². The summed E-state index contributed by atoms with van der Waals surface area (Å²) >= 11 is 1.29. The standard InChI is InChI=1S/C12H15N3OS/c1-2-3-11-14-12(17-15-11)16-10-6-4-9(8-13)5-7-10/h4-7H,2-3,8,13H2,1H3. The first-order valence-corrected chi connectivity index (χ1v) is 6.38. The van der Waals surface area contributed by atoms with Gasteiger partial charge in [-0.1, -0.05) is 19.1 Å². The lowest BCUT2D eigenvalue weighted by atomic mass is 10.2. The Morgan fingerprint density at radius 1 is 1.29 bits per heavy atom. The van der Waals surface area contributed by atoms with Crippen LogP contribution < -0.4 is 10.5 Å². The molecule has 0 aliphatic rings. The minimum atomic E-state index is 0.541. The molecule has 4 nitrogen and oxygen atoms in total. The van der Waals surface area contributed by atoms with E-state index in [0.717, 1.165) is 30.0 Å². The van der Waals surface area contributed by atoms with Gasteiger partial charge in [-0.05, 0) is 24.1 Å². The number of hydrogen-bond acceptors (Lipinski definition) is 5. The van der Waals surface area contributed by atoms with E-state index in [9.17, 15) is 0 Å². The summed E-state index contributed by atoms with van der Waals surface area (Å²) in [6, 6.07) is 7.68. The van der Waals surface area contributed by atoms with Crippen molar-refractivity contribution in [1.82, 2.24) is 9.36 Å². The summed E-state index contributed by atoms with van der Waals surface area (Å²) in [5.74, 6) is 1.62. The molecule has 0 amide bonds. The second-order valence-corrected chi connectivity index (χ2v) is 4.39. The zero-order valence-corrected chi connectivity index (χ0v) is 10.5. The Morgan fingerprint density at radius 3 is 2.71 bits per heavy atom. The highest BCUT2D eigenvalue weighted by atomic mass is 32.1. The van der Waals surface area contributed by atoms with Gasteiger partial charge in [0, 0.05) is 24.5 Å². The van der Waals surface area contributed by atoms with Crippen LogP contribution in [-0.2, 0) is 13.0 Å². The lowest BCUT2D eigenvalue weighted by Gasteiger charge is -2.01. The number of benzene rings is 1. The maximum absolute atomic E-state index is 5.61. The number of nitrogens with zero attached hydrogens (tertiary/aromatic N) is 2. The van der Waals surface area contributed by atoms with E-state index in [-0.39, 0.29) is 0 Å². The second-order valence-electron chi connectivity index (χ2n) is 3.68. The molecule has 2 rings (SSSR count). The Balaban J connectivity index is 2.03. The molecule has 2 N–H and O–H groups in total. The van der Waals surface area contributed by atoms with E-state index in [4.69, 9.17) is 10.5 Å². The van der Waals surface area contributed by atoms with E-state index < -0.39 is 0 Å². The molecule has 0 bridgehead atoms. The SMILES string of the molecule is CCCc1nsc(Oc2ccc(CN)cc2)n1. The van der Waals surface area contributed by atoms with Gasteiger partial charge in [0.2, 0.25) is 0 Å². The number of aryl methyl sites for hydroxylation is 1. The monoisotopic (exact) mass is 249 g/mol. The molecular weight excluding hydrogens is 234 g/mol. The first kappa shape index (κ1) is 12.0. The summed E-state index contributed by atoms with van der Waals surface area (Å²) in [6.45, 7) is 2.65. The van der Waals surface area contributed by atoms with Gasteiger partial charge in [0.25, 0.3) is 5.19 Å². The molecule has 1 aromatic heterocycles. The summed E-state index contributed by atoms with van der Waals surface area (Å²) in [5, 5.41) is 0.592. The number of hydrogen-bond donors (Lipinski definition) is 1. The van der Waals surface area contributed by atoms with Crippen LogP contribution in [0.3, 0.4) is 0 Å². The molecule has 1 aromatic carbocycles. The highest BCUT2D eigenvalue weighted by Crippen LogP contribution is 2.23. The van der Waals surface area contributed by atoms with Crippen molar-refractivity contribution in [2.75, 3.05) is 0 Å². The molecule has 2 aromatic rings. The Kier molecular flexibility index (Phi) is 4.06. The molecule has 0 unspecified atom stereocenters. The fourth-order valence-electron chi connectivity index (χ4n) is 1.40. The van der Waals surface area contributed by atoms with Gasteiger partial charge in [0.15, 0.2) is 0 Å². The molecule has 0 saturated carbocycles. The molecular formula is C12H15N3OS.